The SMILES string of the molecule is CC1=C(C(=O)Nc2ccccn2)[C@@H](c2ccc(OCc3ccccc3)cc2)n2nnnc2N1. The molecule has 3 heterocycles. The molecule has 2 aromatic carbocycles. The second kappa shape index (κ2) is 8.91. The maximum atomic E-state index is 13.3. The minimum absolute atomic E-state index is 0.283. The molecule has 1 atom stereocenters. The zero-order chi connectivity index (χ0) is 22.6. The van der Waals surface area contributed by atoms with Crippen LogP contribution in [0, 0.1) is 0 Å². The molecule has 2 aromatic heterocycles. The van der Waals surface area contributed by atoms with E-state index >= 15 is 0 Å². The molecule has 0 saturated heterocycles. The molecule has 4 aromatic rings. The van der Waals surface area contributed by atoms with Gasteiger partial charge in [-0.15, -0.1) is 0 Å². The van der Waals surface area contributed by atoms with Gasteiger partial charge in [-0.2, -0.15) is 4.68 Å². The van der Waals surface area contributed by atoms with Crippen LogP contribution in [0.25, 0.3) is 0 Å². The first kappa shape index (κ1) is 20.4. The number of ether oxygens (including phenoxy) is 1. The molecule has 0 bridgehead atoms. The van der Waals surface area contributed by atoms with E-state index in [1.807, 2.05) is 67.6 Å². The van der Waals surface area contributed by atoms with E-state index in [0.29, 0.717) is 29.6 Å². The summed E-state index contributed by atoms with van der Waals surface area (Å²) >= 11 is 0. The Morgan fingerprint density at radius 2 is 1.85 bits per heavy atom. The third-order valence-corrected chi connectivity index (χ3v) is 5.31. The van der Waals surface area contributed by atoms with E-state index in [9.17, 15) is 4.79 Å². The van der Waals surface area contributed by atoms with Crippen LogP contribution in [0.2, 0.25) is 0 Å². The summed E-state index contributed by atoms with van der Waals surface area (Å²) in [6.45, 7) is 2.30. The van der Waals surface area contributed by atoms with Gasteiger partial charge in [0.15, 0.2) is 0 Å². The number of benzene rings is 2. The molecule has 0 radical (unpaired) electrons. The first-order chi connectivity index (χ1) is 16.2. The van der Waals surface area contributed by atoms with E-state index in [0.717, 1.165) is 16.9 Å². The Kier molecular flexibility index (Phi) is 5.50. The fourth-order valence-electron chi connectivity index (χ4n) is 3.72. The number of carbonyl (C=O) groups is 1. The largest absolute Gasteiger partial charge is 0.489 e. The Morgan fingerprint density at radius 1 is 1.06 bits per heavy atom. The van der Waals surface area contributed by atoms with Gasteiger partial charge >= 0.3 is 0 Å². The number of amides is 1. The van der Waals surface area contributed by atoms with Crippen molar-refractivity contribution in [2.75, 3.05) is 10.6 Å². The average Bonchev–Trinajstić information content (AvgIpc) is 3.31. The van der Waals surface area contributed by atoms with Crippen molar-refractivity contribution >= 4 is 17.7 Å². The van der Waals surface area contributed by atoms with Crippen molar-refractivity contribution in [1.82, 2.24) is 25.2 Å². The van der Waals surface area contributed by atoms with Crippen LogP contribution in [-0.2, 0) is 11.4 Å². The number of pyridine rings is 1. The lowest BCUT2D eigenvalue weighted by Gasteiger charge is -2.28. The van der Waals surface area contributed by atoms with Crippen molar-refractivity contribution < 1.29 is 9.53 Å². The predicted molar refractivity (Wildman–Crippen MR) is 122 cm³/mol. The number of carbonyl (C=O) groups excluding carboxylic acids is 1. The van der Waals surface area contributed by atoms with Crippen LogP contribution < -0.4 is 15.4 Å². The number of tetrazole rings is 1. The Morgan fingerprint density at radius 3 is 2.61 bits per heavy atom. The molecule has 1 aliphatic heterocycles. The molecular formula is C24H21N7O2. The molecule has 0 unspecified atom stereocenters. The van der Waals surface area contributed by atoms with Crippen LogP contribution in [-0.4, -0.2) is 31.1 Å². The maximum absolute atomic E-state index is 13.3. The molecule has 0 aliphatic carbocycles. The zero-order valence-corrected chi connectivity index (χ0v) is 17.8. The van der Waals surface area contributed by atoms with Gasteiger partial charge in [0.1, 0.15) is 24.2 Å². The molecule has 0 fully saturated rings. The average molecular weight is 439 g/mol. The summed E-state index contributed by atoms with van der Waals surface area (Å²) in [4.78, 5) is 17.5. The van der Waals surface area contributed by atoms with Crippen molar-refractivity contribution in [2.45, 2.75) is 19.6 Å². The van der Waals surface area contributed by atoms with Crippen molar-refractivity contribution in [3.05, 3.63) is 101 Å². The van der Waals surface area contributed by atoms with Gasteiger partial charge in [-0.1, -0.05) is 53.6 Å². The van der Waals surface area contributed by atoms with Crippen LogP contribution in [0.1, 0.15) is 24.1 Å². The quantitative estimate of drug-likeness (QED) is 0.473. The Labute approximate surface area is 190 Å². The van der Waals surface area contributed by atoms with Gasteiger partial charge in [-0.3, -0.25) is 4.79 Å². The number of hydrogen-bond acceptors (Lipinski definition) is 7. The summed E-state index contributed by atoms with van der Waals surface area (Å²) in [6.07, 6.45) is 1.63. The van der Waals surface area contributed by atoms with Crippen molar-refractivity contribution in [3.8, 4) is 5.75 Å². The van der Waals surface area contributed by atoms with Crippen molar-refractivity contribution in [2.24, 2.45) is 0 Å². The first-order valence-corrected chi connectivity index (χ1v) is 10.4. The predicted octanol–water partition coefficient (Wildman–Crippen LogP) is 3.57. The van der Waals surface area contributed by atoms with Gasteiger partial charge < -0.3 is 15.4 Å². The van der Waals surface area contributed by atoms with Crippen molar-refractivity contribution in [1.29, 1.82) is 0 Å². The maximum Gasteiger partial charge on any atom is 0.257 e. The molecule has 5 rings (SSSR count). The minimum atomic E-state index is -0.511. The molecule has 164 valence electrons. The Hall–Kier alpha value is -4.53. The van der Waals surface area contributed by atoms with E-state index in [4.69, 9.17) is 4.74 Å². The van der Waals surface area contributed by atoms with E-state index in [-0.39, 0.29) is 5.91 Å². The normalized spacial score (nSPS) is 14.9. The van der Waals surface area contributed by atoms with Gasteiger partial charge in [0.05, 0.1) is 5.57 Å². The van der Waals surface area contributed by atoms with Crippen molar-refractivity contribution in [3.63, 3.8) is 0 Å². The third kappa shape index (κ3) is 4.29. The van der Waals surface area contributed by atoms with E-state index in [1.165, 1.54) is 0 Å². The first-order valence-electron chi connectivity index (χ1n) is 10.4. The number of aromatic nitrogens is 5. The second-order valence-electron chi connectivity index (χ2n) is 7.53. The molecule has 1 aliphatic rings. The smallest absolute Gasteiger partial charge is 0.257 e. The lowest BCUT2D eigenvalue weighted by atomic mass is 9.95. The molecule has 9 heteroatoms. The third-order valence-electron chi connectivity index (χ3n) is 5.31. The van der Waals surface area contributed by atoms with Gasteiger partial charge in [0.2, 0.25) is 5.95 Å². The van der Waals surface area contributed by atoms with Gasteiger partial charge in [0, 0.05) is 11.9 Å². The molecule has 33 heavy (non-hydrogen) atoms. The van der Waals surface area contributed by atoms with Crippen LogP contribution >= 0.6 is 0 Å². The highest BCUT2D eigenvalue weighted by Crippen LogP contribution is 2.35. The summed E-state index contributed by atoms with van der Waals surface area (Å²) in [6, 6.07) is 22.4. The lowest BCUT2D eigenvalue weighted by Crippen LogP contribution is -2.31. The van der Waals surface area contributed by atoms with Crippen LogP contribution in [0.3, 0.4) is 0 Å². The molecule has 1 amide bonds. The number of anilines is 2. The topological polar surface area (TPSA) is 107 Å². The second-order valence-corrected chi connectivity index (χ2v) is 7.53. The number of fused-ring (bicyclic) bond motifs is 1. The molecule has 2 N–H and O–H groups in total. The standard InChI is InChI=1S/C24H21N7O2/c1-16-21(23(32)27-20-9-5-6-14-25-20)22(31-24(26-16)28-29-30-31)18-10-12-19(13-11-18)33-15-17-7-3-2-4-8-17/h2-14,22H,15H2,1H3,(H,25,27,32)(H,26,28,30)/t22-/m1/s1. The summed E-state index contributed by atoms with van der Waals surface area (Å²) in [7, 11) is 0. The van der Waals surface area contributed by atoms with Crippen LogP contribution in [0.5, 0.6) is 5.75 Å². The molecular weight excluding hydrogens is 418 g/mol. The summed E-state index contributed by atoms with van der Waals surface area (Å²) in [5, 5.41) is 17.9. The van der Waals surface area contributed by atoms with Crippen LogP contribution in [0.15, 0.2) is 90.3 Å². The number of rotatable bonds is 6. The Bertz CT molecular complexity index is 1290. The minimum Gasteiger partial charge on any atom is -0.489 e. The molecule has 0 spiro atoms. The fraction of sp³-hybridized carbons (Fsp3) is 0.125. The monoisotopic (exact) mass is 439 g/mol. The van der Waals surface area contributed by atoms with E-state index < -0.39 is 6.04 Å². The fourth-order valence-corrected chi connectivity index (χ4v) is 3.72. The summed E-state index contributed by atoms with van der Waals surface area (Å²) in [5.41, 5.74) is 3.10. The number of nitrogens with one attached hydrogen (secondary N) is 2. The van der Waals surface area contributed by atoms with Crippen LogP contribution in [0.4, 0.5) is 11.8 Å². The number of allylic oxidation sites excluding steroid dienone is 1. The molecule has 9 nitrogen and oxygen atoms in total. The highest BCUT2D eigenvalue weighted by Gasteiger charge is 2.34. The summed E-state index contributed by atoms with van der Waals surface area (Å²) < 4.78 is 7.50. The number of hydrogen-bond donors (Lipinski definition) is 2. The zero-order valence-electron chi connectivity index (χ0n) is 17.8. The highest BCUT2D eigenvalue weighted by molar-refractivity contribution is 6.05. The lowest BCUT2D eigenvalue weighted by molar-refractivity contribution is -0.113. The van der Waals surface area contributed by atoms with E-state index in [1.54, 1.807) is 23.0 Å². The number of nitrogens with zero attached hydrogens (tertiary/aromatic N) is 5. The van der Waals surface area contributed by atoms with E-state index in [2.05, 4.69) is 31.1 Å². The summed E-state index contributed by atoms with van der Waals surface area (Å²) in [5.74, 6) is 1.38. The molecule has 0 saturated carbocycles. The van der Waals surface area contributed by atoms with Gasteiger partial charge in [-0.05, 0) is 52.7 Å². The van der Waals surface area contributed by atoms with Gasteiger partial charge in [0.25, 0.3) is 5.91 Å². The van der Waals surface area contributed by atoms with Gasteiger partial charge in [-0.25, -0.2) is 4.98 Å². The highest BCUT2D eigenvalue weighted by atomic mass is 16.5. The Balaban J connectivity index is 1.42.